The van der Waals surface area contributed by atoms with Crippen LogP contribution in [0.3, 0.4) is 0 Å². The van der Waals surface area contributed by atoms with Crippen LogP contribution in [0.5, 0.6) is 0 Å². The Hall–Kier alpha value is -0.690. The van der Waals surface area contributed by atoms with Gasteiger partial charge in [0.2, 0.25) is 5.91 Å². The predicted octanol–water partition coefficient (Wildman–Crippen LogP) is 0.474. The van der Waals surface area contributed by atoms with Crippen LogP contribution in [0.15, 0.2) is 0 Å². The Labute approximate surface area is 135 Å². The summed E-state index contributed by atoms with van der Waals surface area (Å²) in [6.07, 6.45) is 5.46. The Kier molecular flexibility index (Phi) is 16.2. The van der Waals surface area contributed by atoms with Gasteiger partial charge in [-0.3, -0.25) is 4.79 Å². The molecule has 0 aromatic carbocycles. The van der Waals surface area contributed by atoms with Crippen molar-refractivity contribution in [2.24, 2.45) is 11.7 Å². The molecule has 22 heavy (non-hydrogen) atoms. The van der Waals surface area contributed by atoms with Crippen LogP contribution in [-0.2, 0) is 9.53 Å². The number of hydrogen-bond acceptors (Lipinski definition) is 5. The molecule has 0 bridgehead atoms. The van der Waals surface area contributed by atoms with E-state index in [0.717, 1.165) is 64.8 Å². The highest BCUT2D eigenvalue weighted by Gasteiger charge is 2.05. The zero-order valence-corrected chi connectivity index (χ0v) is 14.5. The lowest BCUT2D eigenvalue weighted by Crippen LogP contribution is -2.31. The maximum Gasteiger partial charge on any atom is 0.245 e. The fourth-order valence-electron chi connectivity index (χ4n) is 2.05. The van der Waals surface area contributed by atoms with Crippen LogP contribution in [0, 0.1) is 5.92 Å². The maximum atomic E-state index is 11.6. The molecular weight excluding hydrogens is 280 g/mol. The Morgan fingerprint density at radius 3 is 2.59 bits per heavy atom. The number of rotatable bonds is 16. The lowest BCUT2D eigenvalue weighted by Gasteiger charge is -2.13. The fraction of sp³-hybridized carbons (Fsp3) is 0.938. The number of nitrogens with one attached hydrogen (secondary N) is 3. The van der Waals surface area contributed by atoms with E-state index in [1.54, 1.807) is 0 Å². The van der Waals surface area contributed by atoms with Gasteiger partial charge in [-0.1, -0.05) is 19.8 Å². The van der Waals surface area contributed by atoms with Gasteiger partial charge in [0.15, 0.2) is 0 Å². The molecule has 0 fully saturated rings. The van der Waals surface area contributed by atoms with Crippen molar-refractivity contribution in [1.82, 2.24) is 16.0 Å². The molecule has 0 radical (unpaired) electrons. The smallest absolute Gasteiger partial charge is 0.245 e. The summed E-state index contributed by atoms with van der Waals surface area (Å²) >= 11 is 0. The molecule has 0 heterocycles. The quantitative estimate of drug-likeness (QED) is 0.311. The summed E-state index contributed by atoms with van der Waals surface area (Å²) in [5, 5.41) is 9.39. The van der Waals surface area contributed by atoms with Gasteiger partial charge >= 0.3 is 0 Å². The van der Waals surface area contributed by atoms with Gasteiger partial charge in [-0.05, 0) is 58.4 Å². The van der Waals surface area contributed by atoms with Crippen molar-refractivity contribution < 1.29 is 9.53 Å². The fourth-order valence-corrected chi connectivity index (χ4v) is 2.05. The average Bonchev–Trinajstić information content (AvgIpc) is 2.50. The van der Waals surface area contributed by atoms with Crippen LogP contribution >= 0.6 is 0 Å². The second-order valence-electron chi connectivity index (χ2n) is 5.83. The lowest BCUT2D eigenvalue weighted by atomic mass is 10.2. The van der Waals surface area contributed by atoms with Crippen molar-refractivity contribution in [1.29, 1.82) is 0 Å². The standard InChI is InChI=1S/C16H36N4O2/c1-15(12-19-10-7-9-18-2)13-22-14-16(21)20-11-6-4-3-5-8-17/h15,18-19H,3-14,17H2,1-2H3,(H,20,21). The van der Waals surface area contributed by atoms with Gasteiger partial charge in [-0.25, -0.2) is 0 Å². The molecule has 0 aliphatic rings. The highest BCUT2D eigenvalue weighted by molar-refractivity contribution is 5.77. The van der Waals surface area contributed by atoms with Crippen LogP contribution in [0.1, 0.15) is 39.0 Å². The topological polar surface area (TPSA) is 88.4 Å². The van der Waals surface area contributed by atoms with E-state index in [2.05, 4.69) is 22.9 Å². The van der Waals surface area contributed by atoms with E-state index in [1.807, 2.05) is 7.05 Å². The van der Waals surface area contributed by atoms with E-state index < -0.39 is 0 Å². The number of nitrogens with two attached hydrogens (primary N) is 1. The first kappa shape index (κ1) is 21.3. The number of unbranched alkanes of at least 4 members (excludes halogenated alkanes) is 3. The zero-order chi connectivity index (χ0) is 16.5. The van der Waals surface area contributed by atoms with Gasteiger partial charge in [-0.2, -0.15) is 0 Å². The average molecular weight is 316 g/mol. The highest BCUT2D eigenvalue weighted by atomic mass is 16.5. The first-order chi connectivity index (χ1) is 10.7. The second-order valence-corrected chi connectivity index (χ2v) is 5.83. The van der Waals surface area contributed by atoms with E-state index in [9.17, 15) is 4.79 Å². The molecule has 6 nitrogen and oxygen atoms in total. The summed E-state index contributed by atoms with van der Waals surface area (Å²) < 4.78 is 5.45. The summed E-state index contributed by atoms with van der Waals surface area (Å²) in [7, 11) is 1.96. The Bertz CT molecular complexity index is 252. The number of amides is 1. The molecule has 0 saturated carbocycles. The molecule has 0 aromatic rings. The third-order valence-corrected chi connectivity index (χ3v) is 3.36. The van der Waals surface area contributed by atoms with Crippen LogP contribution in [0.4, 0.5) is 0 Å². The van der Waals surface area contributed by atoms with Gasteiger partial charge in [0, 0.05) is 6.54 Å². The Morgan fingerprint density at radius 2 is 1.86 bits per heavy atom. The summed E-state index contributed by atoms with van der Waals surface area (Å²) in [5.74, 6) is 0.395. The van der Waals surface area contributed by atoms with Crippen LogP contribution < -0.4 is 21.7 Å². The second kappa shape index (κ2) is 16.7. The first-order valence-corrected chi connectivity index (χ1v) is 8.60. The van der Waals surface area contributed by atoms with Gasteiger partial charge in [0.25, 0.3) is 0 Å². The van der Waals surface area contributed by atoms with Gasteiger partial charge in [0.05, 0.1) is 6.61 Å². The lowest BCUT2D eigenvalue weighted by molar-refractivity contribution is -0.126. The number of ether oxygens (including phenoxy) is 1. The first-order valence-electron chi connectivity index (χ1n) is 8.60. The maximum absolute atomic E-state index is 11.6. The molecule has 1 amide bonds. The summed E-state index contributed by atoms with van der Waals surface area (Å²) in [6.45, 7) is 7.35. The molecule has 0 aliphatic heterocycles. The van der Waals surface area contributed by atoms with Crippen LogP contribution in [0.25, 0.3) is 0 Å². The van der Waals surface area contributed by atoms with Crippen molar-refractivity contribution in [3.05, 3.63) is 0 Å². The minimum absolute atomic E-state index is 0.0204. The third-order valence-electron chi connectivity index (χ3n) is 3.36. The highest BCUT2D eigenvalue weighted by Crippen LogP contribution is 1.97. The molecule has 5 N–H and O–H groups in total. The van der Waals surface area contributed by atoms with Crippen molar-refractivity contribution in [2.75, 3.05) is 53.0 Å². The number of carbonyl (C=O) groups is 1. The van der Waals surface area contributed by atoms with E-state index in [0.29, 0.717) is 12.5 Å². The van der Waals surface area contributed by atoms with E-state index >= 15 is 0 Å². The molecule has 1 atom stereocenters. The molecule has 0 aliphatic carbocycles. The summed E-state index contributed by atoms with van der Waals surface area (Å²) in [4.78, 5) is 11.6. The third kappa shape index (κ3) is 15.7. The summed E-state index contributed by atoms with van der Waals surface area (Å²) in [5.41, 5.74) is 5.43. The van der Waals surface area contributed by atoms with Crippen molar-refractivity contribution in [2.45, 2.75) is 39.0 Å². The van der Waals surface area contributed by atoms with E-state index in [1.165, 1.54) is 0 Å². The minimum Gasteiger partial charge on any atom is -0.371 e. The van der Waals surface area contributed by atoms with Gasteiger partial charge in [-0.15, -0.1) is 0 Å². The minimum atomic E-state index is -0.0204. The number of carbonyl (C=O) groups excluding carboxylic acids is 1. The largest absolute Gasteiger partial charge is 0.371 e. The van der Waals surface area contributed by atoms with Crippen molar-refractivity contribution >= 4 is 5.91 Å². The predicted molar refractivity (Wildman–Crippen MR) is 91.9 cm³/mol. The number of hydrogen-bond donors (Lipinski definition) is 4. The van der Waals surface area contributed by atoms with Crippen molar-refractivity contribution in [3.63, 3.8) is 0 Å². The molecular formula is C16H36N4O2. The molecule has 6 heteroatoms. The van der Waals surface area contributed by atoms with Crippen LogP contribution in [-0.4, -0.2) is 58.9 Å². The normalized spacial score (nSPS) is 12.3. The van der Waals surface area contributed by atoms with Crippen LogP contribution in [0.2, 0.25) is 0 Å². The Balaban J connectivity index is 3.32. The zero-order valence-electron chi connectivity index (χ0n) is 14.5. The van der Waals surface area contributed by atoms with E-state index in [4.69, 9.17) is 10.5 Å². The monoisotopic (exact) mass is 316 g/mol. The molecule has 0 spiro atoms. The summed E-state index contributed by atoms with van der Waals surface area (Å²) in [6, 6.07) is 0. The molecule has 132 valence electrons. The van der Waals surface area contributed by atoms with Gasteiger partial charge < -0.3 is 26.4 Å². The Morgan fingerprint density at radius 1 is 1.09 bits per heavy atom. The van der Waals surface area contributed by atoms with E-state index in [-0.39, 0.29) is 12.5 Å². The van der Waals surface area contributed by atoms with Gasteiger partial charge in [0.1, 0.15) is 6.61 Å². The molecule has 0 aromatic heterocycles. The molecule has 1 unspecified atom stereocenters. The molecule has 0 rings (SSSR count). The molecule has 0 saturated heterocycles. The van der Waals surface area contributed by atoms with Crippen molar-refractivity contribution in [3.8, 4) is 0 Å². The SMILES string of the molecule is CNCCCNCC(C)COCC(=O)NCCCCCCN.